The van der Waals surface area contributed by atoms with Crippen molar-refractivity contribution in [1.82, 2.24) is 5.32 Å². The standard InChI is InChI=1S/C20H23N3O5/c1-4-15-18(19-21-9-10-28-19)17(13-7-6-8-14(11-13)23(25)26)16(12(3)22-15)20(24)27-5-2/h6-8,11,17,22H,4-5,9-10H2,1-3H3. The van der Waals surface area contributed by atoms with Gasteiger partial charge in [-0.1, -0.05) is 19.1 Å². The molecular weight excluding hydrogens is 362 g/mol. The fourth-order valence-electron chi connectivity index (χ4n) is 3.56. The van der Waals surface area contributed by atoms with Crippen LogP contribution in [0.5, 0.6) is 0 Å². The number of nitrogens with zero attached hydrogens (tertiary/aromatic N) is 2. The van der Waals surface area contributed by atoms with Crippen LogP contribution in [0.4, 0.5) is 5.69 Å². The number of carbonyl (C=O) groups excluding carboxylic acids is 1. The summed E-state index contributed by atoms with van der Waals surface area (Å²) in [7, 11) is 0. The molecular formula is C20H23N3O5. The van der Waals surface area contributed by atoms with E-state index in [9.17, 15) is 14.9 Å². The lowest BCUT2D eigenvalue weighted by Gasteiger charge is -2.32. The molecule has 1 aromatic rings. The molecule has 2 aliphatic heterocycles. The van der Waals surface area contributed by atoms with Crippen LogP contribution in [0, 0.1) is 10.1 Å². The van der Waals surface area contributed by atoms with Gasteiger partial charge in [0.15, 0.2) is 0 Å². The quantitative estimate of drug-likeness (QED) is 0.458. The van der Waals surface area contributed by atoms with E-state index in [1.54, 1.807) is 26.0 Å². The normalized spacial score (nSPS) is 19.1. The number of hydrogen-bond donors (Lipinski definition) is 1. The Labute approximate surface area is 163 Å². The molecule has 8 nitrogen and oxygen atoms in total. The molecule has 0 radical (unpaired) electrons. The predicted molar refractivity (Wildman–Crippen MR) is 104 cm³/mol. The molecule has 0 aliphatic carbocycles. The van der Waals surface area contributed by atoms with E-state index in [-0.39, 0.29) is 12.3 Å². The van der Waals surface area contributed by atoms with Gasteiger partial charge in [-0.15, -0.1) is 0 Å². The van der Waals surface area contributed by atoms with Crippen LogP contribution in [0.3, 0.4) is 0 Å². The number of rotatable bonds is 6. The molecule has 0 bridgehead atoms. The van der Waals surface area contributed by atoms with Crippen LogP contribution in [0.25, 0.3) is 0 Å². The monoisotopic (exact) mass is 385 g/mol. The molecule has 1 atom stereocenters. The molecule has 148 valence electrons. The Morgan fingerprint density at radius 1 is 1.43 bits per heavy atom. The Hall–Kier alpha value is -3.16. The van der Waals surface area contributed by atoms with Crippen LogP contribution in [-0.2, 0) is 14.3 Å². The number of benzene rings is 1. The zero-order chi connectivity index (χ0) is 20.3. The van der Waals surface area contributed by atoms with Crippen molar-refractivity contribution < 1.29 is 19.2 Å². The summed E-state index contributed by atoms with van der Waals surface area (Å²) >= 11 is 0. The van der Waals surface area contributed by atoms with E-state index in [1.807, 2.05) is 6.92 Å². The van der Waals surface area contributed by atoms with Crippen molar-refractivity contribution in [3.8, 4) is 0 Å². The number of nitro benzene ring substituents is 1. The highest BCUT2D eigenvalue weighted by Gasteiger charge is 2.38. The summed E-state index contributed by atoms with van der Waals surface area (Å²) in [5.74, 6) is -0.558. The number of non-ortho nitro benzene ring substituents is 1. The number of ether oxygens (including phenoxy) is 2. The molecule has 0 fully saturated rings. The van der Waals surface area contributed by atoms with Crippen LogP contribution in [0.1, 0.15) is 38.7 Å². The first-order valence-corrected chi connectivity index (χ1v) is 9.27. The topological polar surface area (TPSA) is 103 Å². The molecule has 0 spiro atoms. The third-order valence-corrected chi connectivity index (χ3v) is 4.72. The Balaban J connectivity index is 2.22. The molecule has 2 aliphatic rings. The van der Waals surface area contributed by atoms with Gasteiger partial charge in [0.05, 0.1) is 29.6 Å². The van der Waals surface area contributed by atoms with Crippen LogP contribution >= 0.6 is 0 Å². The molecule has 2 heterocycles. The Morgan fingerprint density at radius 2 is 2.21 bits per heavy atom. The van der Waals surface area contributed by atoms with E-state index in [0.717, 1.165) is 11.3 Å². The van der Waals surface area contributed by atoms with Gasteiger partial charge in [0.25, 0.3) is 5.69 Å². The van der Waals surface area contributed by atoms with Crippen molar-refractivity contribution in [2.24, 2.45) is 4.99 Å². The highest BCUT2D eigenvalue weighted by atomic mass is 16.6. The number of nitro groups is 1. The summed E-state index contributed by atoms with van der Waals surface area (Å²) in [4.78, 5) is 28.1. The first kappa shape index (κ1) is 19.6. The number of carbonyl (C=O) groups is 1. The lowest BCUT2D eigenvalue weighted by atomic mass is 9.79. The summed E-state index contributed by atoms with van der Waals surface area (Å²) in [6.07, 6.45) is 0.663. The van der Waals surface area contributed by atoms with E-state index in [0.29, 0.717) is 42.3 Å². The maximum Gasteiger partial charge on any atom is 0.336 e. The fourth-order valence-corrected chi connectivity index (χ4v) is 3.56. The molecule has 1 unspecified atom stereocenters. The predicted octanol–water partition coefficient (Wildman–Crippen LogP) is 3.21. The minimum Gasteiger partial charge on any atom is -0.476 e. The largest absolute Gasteiger partial charge is 0.476 e. The van der Waals surface area contributed by atoms with Crippen molar-refractivity contribution in [2.45, 2.75) is 33.1 Å². The molecule has 3 rings (SSSR count). The molecule has 0 saturated heterocycles. The van der Waals surface area contributed by atoms with Gasteiger partial charge in [0.1, 0.15) is 6.61 Å². The van der Waals surface area contributed by atoms with Crippen LogP contribution < -0.4 is 5.32 Å². The van der Waals surface area contributed by atoms with Crippen LogP contribution in [0.15, 0.2) is 51.8 Å². The zero-order valence-corrected chi connectivity index (χ0v) is 16.2. The number of allylic oxidation sites excluding steroid dienone is 2. The van der Waals surface area contributed by atoms with Gasteiger partial charge in [-0.3, -0.25) is 10.1 Å². The number of aliphatic imine (C=N–C) groups is 1. The SMILES string of the molecule is CCOC(=O)C1=C(C)NC(CC)=C(C2=NCCO2)C1c1cccc([N+](=O)[O-])c1. The van der Waals surface area contributed by atoms with Crippen molar-refractivity contribution in [2.75, 3.05) is 19.8 Å². The molecule has 8 heteroatoms. The van der Waals surface area contributed by atoms with Gasteiger partial charge in [-0.25, -0.2) is 9.79 Å². The van der Waals surface area contributed by atoms with Gasteiger partial charge in [0, 0.05) is 29.1 Å². The minimum atomic E-state index is -0.563. The second-order valence-electron chi connectivity index (χ2n) is 6.45. The van der Waals surface area contributed by atoms with Gasteiger partial charge in [0.2, 0.25) is 5.90 Å². The number of esters is 1. The van der Waals surface area contributed by atoms with Crippen molar-refractivity contribution in [3.05, 3.63) is 62.5 Å². The highest BCUT2D eigenvalue weighted by Crippen LogP contribution is 2.41. The summed E-state index contributed by atoms with van der Waals surface area (Å²) < 4.78 is 11.0. The van der Waals surface area contributed by atoms with E-state index < -0.39 is 16.8 Å². The summed E-state index contributed by atoms with van der Waals surface area (Å²) in [6, 6.07) is 6.32. The van der Waals surface area contributed by atoms with Crippen LogP contribution in [0.2, 0.25) is 0 Å². The first-order chi connectivity index (χ1) is 13.5. The summed E-state index contributed by atoms with van der Waals surface area (Å²) in [5.41, 5.74) is 3.26. The third-order valence-electron chi connectivity index (χ3n) is 4.72. The Kier molecular flexibility index (Phi) is 5.77. The van der Waals surface area contributed by atoms with E-state index >= 15 is 0 Å². The van der Waals surface area contributed by atoms with Crippen molar-refractivity contribution >= 4 is 17.6 Å². The smallest absolute Gasteiger partial charge is 0.336 e. The Morgan fingerprint density at radius 3 is 2.82 bits per heavy atom. The van der Waals surface area contributed by atoms with Gasteiger partial charge in [-0.05, 0) is 25.8 Å². The lowest BCUT2D eigenvalue weighted by Crippen LogP contribution is -2.32. The van der Waals surface area contributed by atoms with Gasteiger partial charge < -0.3 is 14.8 Å². The number of dihydropyridines is 1. The second kappa shape index (κ2) is 8.24. The van der Waals surface area contributed by atoms with Crippen molar-refractivity contribution in [3.63, 3.8) is 0 Å². The van der Waals surface area contributed by atoms with Crippen molar-refractivity contribution in [1.29, 1.82) is 0 Å². The molecule has 28 heavy (non-hydrogen) atoms. The maximum atomic E-state index is 12.8. The fraction of sp³-hybridized carbons (Fsp3) is 0.400. The number of hydrogen-bond acceptors (Lipinski definition) is 7. The second-order valence-corrected chi connectivity index (χ2v) is 6.45. The summed E-state index contributed by atoms with van der Waals surface area (Å²) in [6.45, 7) is 6.77. The zero-order valence-electron chi connectivity index (χ0n) is 16.2. The van der Waals surface area contributed by atoms with E-state index in [4.69, 9.17) is 9.47 Å². The lowest BCUT2D eigenvalue weighted by molar-refractivity contribution is -0.384. The molecule has 0 aromatic heterocycles. The average molecular weight is 385 g/mol. The molecule has 0 amide bonds. The third kappa shape index (κ3) is 3.62. The van der Waals surface area contributed by atoms with Gasteiger partial charge in [-0.2, -0.15) is 0 Å². The first-order valence-electron chi connectivity index (χ1n) is 9.27. The summed E-state index contributed by atoms with van der Waals surface area (Å²) in [5, 5.41) is 14.6. The minimum absolute atomic E-state index is 0.0384. The highest BCUT2D eigenvalue weighted by molar-refractivity contribution is 6.02. The van der Waals surface area contributed by atoms with E-state index in [1.165, 1.54) is 12.1 Å². The van der Waals surface area contributed by atoms with E-state index in [2.05, 4.69) is 10.3 Å². The molecule has 1 aromatic carbocycles. The van der Waals surface area contributed by atoms with Crippen LogP contribution in [-0.4, -0.2) is 36.5 Å². The average Bonchev–Trinajstić information content (AvgIpc) is 3.21. The maximum absolute atomic E-state index is 12.8. The number of nitrogens with one attached hydrogen (secondary N) is 1. The molecule has 0 saturated carbocycles. The van der Waals surface area contributed by atoms with Gasteiger partial charge >= 0.3 is 5.97 Å². The molecule has 1 N–H and O–H groups in total. The Bertz CT molecular complexity index is 901.